The molecule has 0 bridgehead atoms. The molecule has 0 aliphatic carbocycles. The van der Waals surface area contributed by atoms with Crippen LogP contribution >= 0.6 is 11.6 Å². The van der Waals surface area contributed by atoms with Gasteiger partial charge in [0.05, 0.1) is 12.7 Å². The zero-order chi connectivity index (χ0) is 12.5. The number of fused-ring (bicyclic) bond motifs is 1. The van der Waals surface area contributed by atoms with Gasteiger partial charge in [-0.1, -0.05) is 41.9 Å². The van der Waals surface area contributed by atoms with Crippen molar-refractivity contribution in [3.05, 3.63) is 58.9 Å². The highest BCUT2D eigenvalue weighted by atomic mass is 35.5. The Kier molecular flexibility index (Phi) is 2.76. The standard InChI is InChI=1S/C14H12ClN3/c1-10-7-13(15)17-14-12(10)8-16-18(14)9-11-5-3-2-4-6-11/h2-8H,9H2,1H3. The third kappa shape index (κ3) is 1.97. The van der Waals surface area contributed by atoms with Crippen molar-refractivity contribution < 1.29 is 0 Å². The number of hydrogen-bond acceptors (Lipinski definition) is 2. The summed E-state index contributed by atoms with van der Waals surface area (Å²) in [6, 6.07) is 12.1. The average molecular weight is 258 g/mol. The van der Waals surface area contributed by atoms with E-state index >= 15 is 0 Å². The summed E-state index contributed by atoms with van der Waals surface area (Å²) in [5.41, 5.74) is 3.13. The predicted molar refractivity (Wildman–Crippen MR) is 72.8 cm³/mol. The summed E-state index contributed by atoms with van der Waals surface area (Å²) >= 11 is 6.00. The van der Waals surface area contributed by atoms with E-state index in [2.05, 4.69) is 22.2 Å². The van der Waals surface area contributed by atoms with Gasteiger partial charge in [0.1, 0.15) is 5.15 Å². The molecule has 3 rings (SSSR count). The van der Waals surface area contributed by atoms with Gasteiger partial charge in [0.2, 0.25) is 0 Å². The lowest BCUT2D eigenvalue weighted by Gasteiger charge is -2.04. The molecule has 0 radical (unpaired) electrons. The molecule has 0 saturated heterocycles. The summed E-state index contributed by atoms with van der Waals surface area (Å²) < 4.78 is 1.88. The van der Waals surface area contributed by atoms with E-state index < -0.39 is 0 Å². The lowest BCUT2D eigenvalue weighted by Crippen LogP contribution is -2.02. The van der Waals surface area contributed by atoms with Crippen molar-refractivity contribution in [3.8, 4) is 0 Å². The summed E-state index contributed by atoms with van der Waals surface area (Å²) in [4.78, 5) is 4.36. The number of halogens is 1. The first-order valence-corrected chi connectivity index (χ1v) is 6.14. The fourth-order valence-corrected chi connectivity index (χ4v) is 2.28. The number of benzene rings is 1. The molecule has 0 amide bonds. The molecule has 1 aromatic carbocycles. The van der Waals surface area contributed by atoms with Gasteiger partial charge in [-0.25, -0.2) is 9.67 Å². The predicted octanol–water partition coefficient (Wildman–Crippen LogP) is 3.44. The zero-order valence-corrected chi connectivity index (χ0v) is 10.7. The van der Waals surface area contributed by atoms with Crippen LogP contribution < -0.4 is 0 Å². The zero-order valence-electron chi connectivity index (χ0n) is 9.97. The molecule has 3 nitrogen and oxygen atoms in total. The van der Waals surface area contributed by atoms with Crippen molar-refractivity contribution in [1.29, 1.82) is 0 Å². The minimum absolute atomic E-state index is 0.509. The summed E-state index contributed by atoms with van der Waals surface area (Å²) in [6.07, 6.45) is 1.84. The average Bonchev–Trinajstić information content (AvgIpc) is 2.74. The van der Waals surface area contributed by atoms with E-state index in [1.807, 2.05) is 42.1 Å². The first-order chi connectivity index (χ1) is 8.74. The van der Waals surface area contributed by atoms with Crippen molar-refractivity contribution >= 4 is 22.6 Å². The normalized spacial score (nSPS) is 11.0. The van der Waals surface area contributed by atoms with Crippen LogP contribution in [0.2, 0.25) is 5.15 Å². The van der Waals surface area contributed by atoms with E-state index in [1.165, 1.54) is 5.56 Å². The fourth-order valence-electron chi connectivity index (χ4n) is 2.04. The van der Waals surface area contributed by atoms with Gasteiger partial charge in [-0.2, -0.15) is 5.10 Å². The first kappa shape index (κ1) is 11.2. The molecule has 0 N–H and O–H groups in total. The van der Waals surface area contributed by atoms with E-state index in [1.54, 1.807) is 0 Å². The molecule has 0 spiro atoms. The largest absolute Gasteiger partial charge is 0.243 e. The molecular formula is C14H12ClN3. The number of nitrogens with zero attached hydrogens (tertiary/aromatic N) is 3. The summed E-state index contributed by atoms with van der Waals surface area (Å²) in [5.74, 6) is 0. The Morgan fingerprint density at radius 1 is 1.22 bits per heavy atom. The Hall–Kier alpha value is -1.87. The van der Waals surface area contributed by atoms with Crippen LogP contribution in [-0.2, 0) is 6.54 Å². The summed E-state index contributed by atoms with van der Waals surface area (Å²) in [5, 5.41) is 5.95. The second kappa shape index (κ2) is 4.42. The van der Waals surface area contributed by atoms with Gasteiger partial charge in [-0.3, -0.25) is 0 Å². The van der Waals surface area contributed by atoms with E-state index in [0.29, 0.717) is 11.7 Å². The van der Waals surface area contributed by atoms with E-state index in [-0.39, 0.29) is 0 Å². The first-order valence-electron chi connectivity index (χ1n) is 5.76. The summed E-state index contributed by atoms with van der Waals surface area (Å²) in [7, 11) is 0. The molecule has 0 saturated carbocycles. The Bertz CT molecular complexity index is 689. The number of pyridine rings is 1. The Labute approximate surface area is 110 Å². The van der Waals surface area contributed by atoms with Gasteiger partial charge in [0.25, 0.3) is 0 Å². The Morgan fingerprint density at radius 3 is 2.78 bits per heavy atom. The second-order valence-electron chi connectivity index (χ2n) is 4.29. The molecular weight excluding hydrogens is 246 g/mol. The molecule has 4 heteroatoms. The monoisotopic (exact) mass is 257 g/mol. The smallest absolute Gasteiger partial charge is 0.160 e. The molecule has 0 aliphatic rings. The molecule has 2 heterocycles. The van der Waals surface area contributed by atoms with E-state index in [0.717, 1.165) is 16.6 Å². The quantitative estimate of drug-likeness (QED) is 0.659. The van der Waals surface area contributed by atoms with Crippen molar-refractivity contribution in [2.75, 3.05) is 0 Å². The van der Waals surface area contributed by atoms with Crippen molar-refractivity contribution in [3.63, 3.8) is 0 Å². The highest BCUT2D eigenvalue weighted by Crippen LogP contribution is 2.20. The Morgan fingerprint density at radius 2 is 2.00 bits per heavy atom. The molecule has 18 heavy (non-hydrogen) atoms. The molecule has 2 aromatic heterocycles. The van der Waals surface area contributed by atoms with Crippen molar-refractivity contribution in [2.45, 2.75) is 13.5 Å². The van der Waals surface area contributed by atoms with Gasteiger partial charge in [-0.15, -0.1) is 0 Å². The molecule has 0 aliphatic heterocycles. The van der Waals surface area contributed by atoms with Crippen LogP contribution in [-0.4, -0.2) is 14.8 Å². The molecule has 3 aromatic rings. The number of hydrogen-bond donors (Lipinski definition) is 0. The SMILES string of the molecule is Cc1cc(Cl)nc2c1cnn2Cc1ccccc1. The lowest BCUT2D eigenvalue weighted by molar-refractivity contribution is 0.704. The highest BCUT2D eigenvalue weighted by molar-refractivity contribution is 6.29. The highest BCUT2D eigenvalue weighted by Gasteiger charge is 2.08. The van der Waals surface area contributed by atoms with Crippen LogP contribution in [0.5, 0.6) is 0 Å². The number of rotatable bonds is 2. The van der Waals surface area contributed by atoms with E-state index in [4.69, 9.17) is 11.6 Å². The molecule has 90 valence electrons. The van der Waals surface area contributed by atoms with Gasteiger partial charge in [0.15, 0.2) is 5.65 Å². The maximum absolute atomic E-state index is 6.00. The third-order valence-electron chi connectivity index (χ3n) is 2.96. The van der Waals surface area contributed by atoms with Gasteiger partial charge in [-0.05, 0) is 24.1 Å². The van der Waals surface area contributed by atoms with Crippen LogP contribution in [0.3, 0.4) is 0 Å². The van der Waals surface area contributed by atoms with Crippen LogP contribution in [0.4, 0.5) is 0 Å². The fraction of sp³-hybridized carbons (Fsp3) is 0.143. The number of aryl methyl sites for hydroxylation is 1. The maximum atomic E-state index is 6.00. The molecule has 0 fully saturated rings. The second-order valence-corrected chi connectivity index (χ2v) is 4.67. The van der Waals surface area contributed by atoms with E-state index in [9.17, 15) is 0 Å². The van der Waals surface area contributed by atoms with Gasteiger partial charge >= 0.3 is 0 Å². The van der Waals surface area contributed by atoms with Crippen LogP contribution in [0.1, 0.15) is 11.1 Å². The Balaban J connectivity index is 2.08. The van der Waals surface area contributed by atoms with Crippen molar-refractivity contribution in [2.24, 2.45) is 0 Å². The summed E-state index contributed by atoms with van der Waals surface area (Å²) in [6.45, 7) is 2.72. The van der Waals surface area contributed by atoms with Crippen LogP contribution in [0.25, 0.3) is 11.0 Å². The van der Waals surface area contributed by atoms with Gasteiger partial charge < -0.3 is 0 Å². The minimum atomic E-state index is 0.509. The lowest BCUT2D eigenvalue weighted by atomic mass is 10.2. The molecule has 0 atom stereocenters. The van der Waals surface area contributed by atoms with Crippen LogP contribution in [0, 0.1) is 6.92 Å². The van der Waals surface area contributed by atoms with Crippen LogP contribution in [0.15, 0.2) is 42.6 Å². The maximum Gasteiger partial charge on any atom is 0.160 e. The van der Waals surface area contributed by atoms with Crippen molar-refractivity contribution in [1.82, 2.24) is 14.8 Å². The number of aromatic nitrogens is 3. The molecule has 0 unspecified atom stereocenters. The minimum Gasteiger partial charge on any atom is -0.243 e. The van der Waals surface area contributed by atoms with Gasteiger partial charge in [0, 0.05) is 5.39 Å². The third-order valence-corrected chi connectivity index (χ3v) is 3.15. The topological polar surface area (TPSA) is 30.7 Å².